The number of thiazole rings is 1. The average molecular weight is 517 g/mol. The van der Waals surface area contributed by atoms with Crippen LogP contribution in [0.3, 0.4) is 0 Å². The van der Waals surface area contributed by atoms with E-state index < -0.39 is 41.9 Å². The second kappa shape index (κ2) is 11.5. The molecule has 12 heteroatoms. The van der Waals surface area contributed by atoms with Crippen LogP contribution in [0, 0.1) is 0 Å². The normalized spacial score (nSPS) is 11.7. The molecule has 0 aliphatic rings. The molecule has 0 unspecified atom stereocenters. The van der Waals surface area contributed by atoms with E-state index in [9.17, 15) is 27.6 Å². The zero-order valence-corrected chi connectivity index (χ0v) is 20.8. The van der Waals surface area contributed by atoms with E-state index in [2.05, 4.69) is 4.98 Å². The van der Waals surface area contributed by atoms with Crippen molar-refractivity contribution in [1.29, 1.82) is 0 Å². The third-order valence-electron chi connectivity index (χ3n) is 4.23. The highest BCUT2D eigenvalue weighted by atomic mass is 32.1. The van der Waals surface area contributed by atoms with Crippen LogP contribution in [-0.2, 0) is 31.7 Å². The molecule has 0 aliphatic carbocycles. The highest BCUT2D eigenvalue weighted by Crippen LogP contribution is 2.33. The number of hydrogen-bond donors (Lipinski definition) is 0. The Kier molecular flexibility index (Phi) is 9.24. The lowest BCUT2D eigenvalue weighted by atomic mass is 10.1. The summed E-state index contributed by atoms with van der Waals surface area (Å²) in [6.45, 7) is 7.62. The SMILES string of the molecule is CCOC(=O)CN(Cc1nc(-c2ccc(C(F)(F)F)cc2)sc1C(=O)OCC)C(=O)OC(C)(C)C. The topological polar surface area (TPSA) is 95.0 Å². The Hall–Kier alpha value is -3.15. The summed E-state index contributed by atoms with van der Waals surface area (Å²) in [5, 5.41) is 0.247. The Morgan fingerprint density at radius 2 is 1.60 bits per heavy atom. The van der Waals surface area contributed by atoms with Crippen molar-refractivity contribution in [2.45, 2.75) is 52.9 Å². The quantitative estimate of drug-likeness (QED) is 0.347. The van der Waals surface area contributed by atoms with Gasteiger partial charge in [-0.2, -0.15) is 13.2 Å². The van der Waals surface area contributed by atoms with Crippen LogP contribution in [0.2, 0.25) is 0 Å². The van der Waals surface area contributed by atoms with E-state index in [1.165, 1.54) is 12.1 Å². The van der Waals surface area contributed by atoms with Crippen molar-refractivity contribution in [3.8, 4) is 10.6 Å². The van der Waals surface area contributed by atoms with E-state index in [1.807, 2.05) is 0 Å². The van der Waals surface area contributed by atoms with Gasteiger partial charge in [-0.1, -0.05) is 12.1 Å². The number of halogens is 3. The van der Waals surface area contributed by atoms with Crippen LogP contribution in [0.5, 0.6) is 0 Å². The van der Waals surface area contributed by atoms with Crippen molar-refractivity contribution >= 4 is 29.4 Å². The van der Waals surface area contributed by atoms with Gasteiger partial charge in [0.2, 0.25) is 0 Å². The number of nitrogens with zero attached hydrogens (tertiary/aromatic N) is 2. The predicted molar refractivity (Wildman–Crippen MR) is 122 cm³/mol. The first-order valence-corrected chi connectivity index (χ1v) is 11.5. The Bertz CT molecular complexity index is 1050. The van der Waals surface area contributed by atoms with Crippen molar-refractivity contribution in [3.05, 3.63) is 40.4 Å². The summed E-state index contributed by atoms with van der Waals surface area (Å²) in [5.41, 5.74) is -1.23. The van der Waals surface area contributed by atoms with E-state index >= 15 is 0 Å². The van der Waals surface area contributed by atoms with E-state index in [0.717, 1.165) is 28.4 Å². The molecule has 2 aromatic rings. The molecule has 1 amide bonds. The maximum atomic E-state index is 12.9. The molecule has 0 N–H and O–H groups in total. The van der Waals surface area contributed by atoms with Crippen LogP contribution >= 0.6 is 11.3 Å². The number of carbonyl (C=O) groups excluding carboxylic acids is 3. The highest BCUT2D eigenvalue weighted by Gasteiger charge is 2.31. The molecule has 8 nitrogen and oxygen atoms in total. The summed E-state index contributed by atoms with van der Waals surface area (Å²) in [6.07, 6.45) is -5.33. The summed E-state index contributed by atoms with van der Waals surface area (Å²) < 4.78 is 54.1. The van der Waals surface area contributed by atoms with Gasteiger partial charge >= 0.3 is 24.2 Å². The number of rotatable bonds is 8. The highest BCUT2D eigenvalue weighted by molar-refractivity contribution is 7.17. The molecule has 1 heterocycles. The third-order valence-corrected chi connectivity index (χ3v) is 5.36. The molecule has 0 saturated heterocycles. The van der Waals surface area contributed by atoms with Gasteiger partial charge in [-0.25, -0.2) is 14.6 Å². The van der Waals surface area contributed by atoms with E-state index in [1.54, 1.807) is 34.6 Å². The van der Waals surface area contributed by atoms with E-state index in [0.29, 0.717) is 5.56 Å². The van der Waals surface area contributed by atoms with Gasteiger partial charge < -0.3 is 14.2 Å². The standard InChI is InChI=1S/C23H27F3N2O6S/c1-6-32-17(29)13-28(21(31)34-22(3,4)5)12-16-18(20(30)33-7-2)35-19(27-16)14-8-10-15(11-9-14)23(24,25)26/h8-11H,6-7,12-13H2,1-5H3. The fourth-order valence-electron chi connectivity index (χ4n) is 2.80. The zero-order chi connectivity index (χ0) is 26.4. The number of ether oxygens (including phenoxy) is 3. The molecule has 0 bridgehead atoms. The molecule has 0 spiro atoms. The molecular formula is C23H27F3N2O6S. The second-order valence-electron chi connectivity index (χ2n) is 8.23. The Morgan fingerprint density at radius 1 is 1.00 bits per heavy atom. The summed E-state index contributed by atoms with van der Waals surface area (Å²) in [5.74, 6) is -1.40. The molecule has 35 heavy (non-hydrogen) atoms. The van der Waals surface area contributed by atoms with E-state index in [4.69, 9.17) is 14.2 Å². The van der Waals surface area contributed by atoms with Crippen molar-refractivity contribution in [2.24, 2.45) is 0 Å². The minimum absolute atomic E-state index is 0.0548. The smallest absolute Gasteiger partial charge is 0.416 e. The maximum Gasteiger partial charge on any atom is 0.416 e. The summed E-state index contributed by atoms with van der Waals surface area (Å²) in [7, 11) is 0. The molecular weight excluding hydrogens is 489 g/mol. The van der Waals surface area contributed by atoms with Gasteiger partial charge in [-0.3, -0.25) is 9.69 Å². The fourth-order valence-corrected chi connectivity index (χ4v) is 3.77. The molecule has 0 saturated carbocycles. The minimum atomic E-state index is -4.50. The van der Waals surface area contributed by atoms with Crippen molar-refractivity contribution < 1.29 is 41.8 Å². The van der Waals surface area contributed by atoms with Crippen LogP contribution < -0.4 is 0 Å². The van der Waals surface area contributed by atoms with Crippen molar-refractivity contribution in [2.75, 3.05) is 19.8 Å². The largest absolute Gasteiger partial charge is 0.465 e. The number of esters is 2. The zero-order valence-electron chi connectivity index (χ0n) is 20.0. The van der Waals surface area contributed by atoms with Crippen molar-refractivity contribution in [1.82, 2.24) is 9.88 Å². The Balaban J connectivity index is 2.45. The number of hydrogen-bond acceptors (Lipinski definition) is 8. The van der Waals surface area contributed by atoms with Crippen LogP contribution in [0.15, 0.2) is 24.3 Å². The van der Waals surface area contributed by atoms with Crippen LogP contribution in [0.1, 0.15) is 55.5 Å². The molecule has 0 aliphatic heterocycles. The van der Waals surface area contributed by atoms with E-state index in [-0.39, 0.29) is 35.3 Å². The number of aromatic nitrogens is 1. The minimum Gasteiger partial charge on any atom is -0.465 e. The lowest BCUT2D eigenvalue weighted by Crippen LogP contribution is -2.40. The lowest BCUT2D eigenvalue weighted by Gasteiger charge is -2.26. The molecule has 192 valence electrons. The van der Waals surface area contributed by atoms with Crippen molar-refractivity contribution in [3.63, 3.8) is 0 Å². The number of amides is 1. The lowest BCUT2D eigenvalue weighted by molar-refractivity contribution is -0.144. The summed E-state index contributed by atoms with van der Waals surface area (Å²) in [6, 6.07) is 4.30. The summed E-state index contributed by atoms with van der Waals surface area (Å²) in [4.78, 5) is 42.9. The first kappa shape index (κ1) is 28.1. The van der Waals surface area contributed by atoms with Crippen LogP contribution in [0.4, 0.5) is 18.0 Å². The van der Waals surface area contributed by atoms with Gasteiger partial charge in [0.15, 0.2) is 0 Å². The first-order chi connectivity index (χ1) is 16.2. The predicted octanol–water partition coefficient (Wildman–Crippen LogP) is 5.31. The second-order valence-corrected chi connectivity index (χ2v) is 9.23. The van der Waals surface area contributed by atoms with Gasteiger partial charge in [0.1, 0.15) is 22.0 Å². The molecule has 0 radical (unpaired) electrons. The molecule has 0 atom stereocenters. The van der Waals surface area contributed by atoms with Gasteiger partial charge in [0.05, 0.1) is 31.0 Å². The fraction of sp³-hybridized carbons (Fsp3) is 0.478. The van der Waals surface area contributed by atoms with Gasteiger partial charge in [0, 0.05) is 5.56 Å². The number of carbonyl (C=O) groups is 3. The first-order valence-electron chi connectivity index (χ1n) is 10.7. The van der Waals surface area contributed by atoms with Gasteiger partial charge in [-0.05, 0) is 46.8 Å². The Morgan fingerprint density at radius 3 is 2.11 bits per heavy atom. The monoisotopic (exact) mass is 516 g/mol. The average Bonchev–Trinajstić information content (AvgIpc) is 3.16. The molecule has 1 aromatic heterocycles. The van der Waals surface area contributed by atoms with Gasteiger partial charge in [0.25, 0.3) is 0 Å². The van der Waals surface area contributed by atoms with Gasteiger partial charge in [-0.15, -0.1) is 11.3 Å². The number of alkyl halides is 3. The Labute approximate surface area is 205 Å². The summed E-state index contributed by atoms with van der Waals surface area (Å²) >= 11 is 0.908. The number of benzene rings is 1. The maximum absolute atomic E-state index is 12.9. The molecule has 1 aromatic carbocycles. The third kappa shape index (κ3) is 8.23. The molecule has 0 fully saturated rings. The van der Waals surface area contributed by atoms with Crippen LogP contribution in [0.25, 0.3) is 10.6 Å². The van der Waals surface area contributed by atoms with Crippen LogP contribution in [-0.4, -0.2) is 53.3 Å². The molecule has 2 rings (SSSR count).